The highest BCUT2D eigenvalue weighted by Gasteiger charge is 2.48. The van der Waals surface area contributed by atoms with Crippen molar-refractivity contribution in [2.45, 2.75) is 44.4 Å². The molecule has 1 fully saturated rings. The third-order valence-corrected chi connectivity index (χ3v) is 6.03. The molecule has 0 aliphatic carbocycles. The zero-order chi connectivity index (χ0) is 22.1. The first-order chi connectivity index (χ1) is 14.9. The molecule has 0 bridgehead atoms. The van der Waals surface area contributed by atoms with Crippen LogP contribution in [0.5, 0.6) is 0 Å². The lowest BCUT2D eigenvalue weighted by molar-refractivity contribution is -0.493. The van der Waals surface area contributed by atoms with Gasteiger partial charge in [-0.3, -0.25) is 4.98 Å². The van der Waals surface area contributed by atoms with Crippen LogP contribution in [-0.2, 0) is 9.78 Å². The van der Waals surface area contributed by atoms with Gasteiger partial charge in [-0.05, 0) is 46.7 Å². The summed E-state index contributed by atoms with van der Waals surface area (Å²) in [6.07, 6.45) is -1.65. The number of nitrogens with zero attached hydrogens (tertiary/aromatic N) is 1. The summed E-state index contributed by atoms with van der Waals surface area (Å²) >= 11 is 0. The largest absolute Gasteiger partial charge is 0.396 e. The lowest BCUT2D eigenvalue weighted by atomic mass is 9.88. The van der Waals surface area contributed by atoms with Crippen molar-refractivity contribution in [1.82, 2.24) is 4.98 Å². The van der Waals surface area contributed by atoms with Crippen molar-refractivity contribution in [2.24, 2.45) is 5.92 Å². The average Bonchev–Trinajstić information content (AvgIpc) is 2.76. The van der Waals surface area contributed by atoms with Gasteiger partial charge in [0.25, 0.3) is 0 Å². The summed E-state index contributed by atoms with van der Waals surface area (Å²) in [5.41, 5.74) is 3.60. The van der Waals surface area contributed by atoms with E-state index in [0.717, 1.165) is 27.5 Å². The minimum Gasteiger partial charge on any atom is -0.396 e. The Morgan fingerprint density at radius 2 is 1.65 bits per heavy atom. The highest BCUT2D eigenvalue weighted by molar-refractivity contribution is 5.86. The van der Waals surface area contributed by atoms with Crippen LogP contribution in [0.2, 0.25) is 0 Å². The molecule has 1 aliphatic rings. The third kappa shape index (κ3) is 4.21. The Balaban J connectivity index is 1.53. The van der Waals surface area contributed by atoms with Crippen LogP contribution in [0.1, 0.15) is 24.2 Å². The van der Waals surface area contributed by atoms with Gasteiger partial charge in [-0.15, -0.1) is 0 Å². The van der Waals surface area contributed by atoms with Gasteiger partial charge in [0.1, 0.15) is 12.2 Å². The average molecular weight is 425 g/mol. The molecule has 31 heavy (non-hydrogen) atoms. The van der Waals surface area contributed by atoms with Gasteiger partial charge in [0, 0.05) is 30.3 Å². The standard InChI is InChI=1S/C24H27NO6/c1-13-9-15(16-3-4-18-11-25-8-7-17(18)10-16)5-6-19(13)21(28)23-24(31-30-23)22(29)20(27)14(2)12-26/h3-11,14,20-24,26-29H,12H2,1-2H3/t14?,20-,21-,22+,23-,24?/m1/s1. The van der Waals surface area contributed by atoms with Crippen molar-refractivity contribution >= 4 is 10.8 Å². The van der Waals surface area contributed by atoms with E-state index in [1.54, 1.807) is 13.1 Å². The molecule has 0 spiro atoms. The number of aryl methyl sites for hydroxylation is 1. The minimum absolute atomic E-state index is 0.273. The number of hydrogen-bond donors (Lipinski definition) is 4. The number of rotatable bonds is 7. The number of hydrogen-bond acceptors (Lipinski definition) is 7. The first-order valence-corrected chi connectivity index (χ1v) is 10.3. The van der Waals surface area contributed by atoms with Crippen LogP contribution in [0.3, 0.4) is 0 Å². The molecular weight excluding hydrogens is 398 g/mol. The topological polar surface area (TPSA) is 112 Å². The monoisotopic (exact) mass is 425 g/mol. The minimum atomic E-state index is -1.29. The molecular formula is C24H27NO6. The highest BCUT2D eigenvalue weighted by Crippen LogP contribution is 2.36. The summed E-state index contributed by atoms with van der Waals surface area (Å²) in [6.45, 7) is 3.25. The molecule has 2 unspecified atom stereocenters. The molecule has 3 aromatic rings. The van der Waals surface area contributed by atoms with E-state index in [4.69, 9.17) is 9.78 Å². The molecule has 0 saturated carbocycles. The molecule has 2 heterocycles. The summed E-state index contributed by atoms with van der Waals surface area (Å²) in [7, 11) is 0. The van der Waals surface area contributed by atoms with E-state index in [2.05, 4.69) is 11.1 Å². The van der Waals surface area contributed by atoms with Crippen molar-refractivity contribution in [2.75, 3.05) is 6.61 Å². The van der Waals surface area contributed by atoms with E-state index >= 15 is 0 Å². The molecule has 4 rings (SSSR count). The number of aliphatic hydroxyl groups is 4. The Hall–Kier alpha value is -2.39. The summed E-state index contributed by atoms with van der Waals surface area (Å²) in [6, 6.07) is 13.9. The van der Waals surface area contributed by atoms with E-state index in [-0.39, 0.29) is 6.61 Å². The fourth-order valence-corrected chi connectivity index (χ4v) is 3.93. The van der Waals surface area contributed by atoms with Crippen molar-refractivity contribution in [3.05, 3.63) is 66.0 Å². The fraction of sp³-hybridized carbons (Fsp3) is 0.375. The first kappa shape index (κ1) is 21.8. The van der Waals surface area contributed by atoms with Gasteiger partial charge in [0.15, 0.2) is 12.2 Å². The maximum atomic E-state index is 10.9. The van der Waals surface area contributed by atoms with Crippen LogP contribution >= 0.6 is 0 Å². The number of pyridine rings is 1. The summed E-state index contributed by atoms with van der Waals surface area (Å²) < 4.78 is 0. The molecule has 0 amide bonds. The highest BCUT2D eigenvalue weighted by atomic mass is 17.3. The maximum absolute atomic E-state index is 10.9. The van der Waals surface area contributed by atoms with E-state index in [1.807, 2.05) is 49.5 Å². The quantitative estimate of drug-likeness (QED) is 0.430. The number of aliphatic hydroxyl groups excluding tert-OH is 4. The molecule has 1 aliphatic heterocycles. The molecule has 6 atom stereocenters. The van der Waals surface area contributed by atoms with Gasteiger partial charge in [-0.2, -0.15) is 0 Å². The van der Waals surface area contributed by atoms with Gasteiger partial charge >= 0.3 is 0 Å². The summed E-state index contributed by atoms with van der Waals surface area (Å²) in [5, 5.41) is 42.8. The van der Waals surface area contributed by atoms with E-state index in [1.165, 1.54) is 0 Å². The van der Waals surface area contributed by atoms with Gasteiger partial charge in [-0.25, -0.2) is 9.78 Å². The zero-order valence-corrected chi connectivity index (χ0v) is 17.4. The molecule has 1 aromatic heterocycles. The predicted octanol–water partition coefficient (Wildman–Crippen LogP) is 2.29. The molecule has 1 saturated heterocycles. The Morgan fingerprint density at radius 1 is 0.935 bits per heavy atom. The van der Waals surface area contributed by atoms with E-state index in [0.29, 0.717) is 5.56 Å². The van der Waals surface area contributed by atoms with E-state index in [9.17, 15) is 20.4 Å². The van der Waals surface area contributed by atoms with Gasteiger partial charge in [0.2, 0.25) is 0 Å². The molecule has 2 aromatic carbocycles. The lowest BCUT2D eigenvalue weighted by Gasteiger charge is -2.42. The van der Waals surface area contributed by atoms with Crippen LogP contribution in [0.15, 0.2) is 54.9 Å². The second kappa shape index (κ2) is 9.00. The summed E-state index contributed by atoms with van der Waals surface area (Å²) in [4.78, 5) is 14.2. The molecule has 4 N–H and O–H groups in total. The van der Waals surface area contributed by atoms with Gasteiger partial charge in [-0.1, -0.05) is 37.3 Å². The van der Waals surface area contributed by atoms with Crippen molar-refractivity contribution in [3.63, 3.8) is 0 Å². The second-order valence-electron chi connectivity index (χ2n) is 8.22. The van der Waals surface area contributed by atoms with Crippen molar-refractivity contribution < 1.29 is 30.2 Å². The molecule has 7 nitrogen and oxygen atoms in total. The van der Waals surface area contributed by atoms with Crippen LogP contribution in [0.25, 0.3) is 21.9 Å². The Morgan fingerprint density at radius 3 is 2.32 bits per heavy atom. The SMILES string of the molecule is Cc1cc(-c2ccc3cnccc3c2)ccc1[C@@H](O)[C@H]1OOC1[C@@H](O)[C@H](O)C(C)CO. The maximum Gasteiger partial charge on any atom is 0.155 e. The van der Waals surface area contributed by atoms with Crippen LogP contribution in [-0.4, -0.2) is 56.4 Å². The first-order valence-electron chi connectivity index (χ1n) is 10.3. The molecule has 7 heteroatoms. The smallest absolute Gasteiger partial charge is 0.155 e. The van der Waals surface area contributed by atoms with Crippen LogP contribution < -0.4 is 0 Å². The molecule has 164 valence electrons. The fourth-order valence-electron chi connectivity index (χ4n) is 3.93. The Bertz CT molecular complexity index is 1060. The van der Waals surface area contributed by atoms with Crippen LogP contribution in [0, 0.1) is 12.8 Å². The van der Waals surface area contributed by atoms with Gasteiger partial charge < -0.3 is 20.4 Å². The predicted molar refractivity (Wildman–Crippen MR) is 115 cm³/mol. The number of fused-ring (bicyclic) bond motifs is 1. The number of benzene rings is 2. The van der Waals surface area contributed by atoms with E-state index < -0.39 is 36.4 Å². The number of aromatic nitrogens is 1. The lowest BCUT2D eigenvalue weighted by Crippen LogP contribution is -2.58. The normalized spacial score (nSPS) is 22.5. The zero-order valence-electron chi connectivity index (χ0n) is 17.4. The van der Waals surface area contributed by atoms with Crippen molar-refractivity contribution in [3.8, 4) is 11.1 Å². The third-order valence-electron chi connectivity index (χ3n) is 6.03. The molecule has 0 radical (unpaired) electrons. The van der Waals surface area contributed by atoms with Crippen molar-refractivity contribution in [1.29, 1.82) is 0 Å². The second-order valence-corrected chi connectivity index (χ2v) is 8.22. The van der Waals surface area contributed by atoms with Crippen LogP contribution in [0.4, 0.5) is 0 Å². The Labute approximate surface area is 180 Å². The Kier molecular flexibility index (Phi) is 6.34. The summed E-state index contributed by atoms with van der Waals surface area (Å²) in [5.74, 6) is -0.532. The van der Waals surface area contributed by atoms with Gasteiger partial charge in [0.05, 0.1) is 6.10 Å².